The van der Waals surface area contributed by atoms with E-state index in [4.69, 9.17) is 0 Å². The minimum atomic E-state index is -0.584. The molecular weight excluding hydrogens is 699 g/mol. The van der Waals surface area contributed by atoms with Crippen LogP contribution in [0.15, 0.2) is 224 Å². The lowest BCUT2D eigenvalue weighted by Crippen LogP contribution is -2.30. The molecule has 10 aromatic rings. The molecule has 0 amide bonds. The van der Waals surface area contributed by atoms with Crippen LogP contribution in [-0.4, -0.2) is 0 Å². The number of hydrogen-bond acceptors (Lipinski definition) is 1. The summed E-state index contributed by atoms with van der Waals surface area (Å²) in [7, 11) is 0. The Hall–Kier alpha value is -7.48. The zero-order valence-corrected chi connectivity index (χ0v) is 31.8. The van der Waals surface area contributed by atoms with Gasteiger partial charge in [0.2, 0.25) is 0 Å². The van der Waals surface area contributed by atoms with Gasteiger partial charge in [0, 0.05) is 22.2 Å². The van der Waals surface area contributed by atoms with Crippen LogP contribution in [0.1, 0.15) is 22.3 Å². The quantitative estimate of drug-likeness (QED) is 0.164. The molecule has 0 fully saturated rings. The van der Waals surface area contributed by atoms with Gasteiger partial charge in [-0.05, 0) is 108 Å². The fraction of sp³-hybridized carbons (Fsp3) is 0.0175. The molecule has 0 bridgehead atoms. The van der Waals surface area contributed by atoms with Gasteiger partial charge in [-0.15, -0.1) is 0 Å². The molecule has 0 radical (unpaired) electrons. The van der Waals surface area contributed by atoms with Crippen LogP contribution >= 0.6 is 0 Å². The molecule has 58 heavy (non-hydrogen) atoms. The fourth-order valence-electron chi connectivity index (χ4n) is 10.1. The first-order valence-electron chi connectivity index (χ1n) is 20.2. The highest BCUT2D eigenvalue weighted by atomic mass is 15.2. The van der Waals surface area contributed by atoms with Crippen molar-refractivity contribution >= 4 is 38.6 Å². The van der Waals surface area contributed by atoms with Crippen LogP contribution in [0.25, 0.3) is 66.1 Å². The van der Waals surface area contributed by atoms with Crippen molar-refractivity contribution in [3.05, 3.63) is 247 Å². The maximum absolute atomic E-state index is 2.60. The molecule has 0 spiro atoms. The first-order chi connectivity index (χ1) is 28.8. The van der Waals surface area contributed by atoms with Gasteiger partial charge in [-0.3, -0.25) is 0 Å². The van der Waals surface area contributed by atoms with Crippen molar-refractivity contribution in [3.8, 4) is 44.5 Å². The summed E-state index contributed by atoms with van der Waals surface area (Å²) in [5.74, 6) is 0. The van der Waals surface area contributed by atoms with Crippen molar-refractivity contribution in [1.29, 1.82) is 0 Å². The Kier molecular flexibility index (Phi) is 7.21. The molecule has 0 aromatic heterocycles. The topological polar surface area (TPSA) is 3.24 Å². The summed E-state index contributed by atoms with van der Waals surface area (Å²) < 4.78 is 0. The van der Waals surface area contributed by atoms with Crippen molar-refractivity contribution in [2.45, 2.75) is 5.41 Å². The fourth-order valence-corrected chi connectivity index (χ4v) is 10.1. The minimum Gasteiger partial charge on any atom is -0.309 e. The van der Waals surface area contributed by atoms with Gasteiger partial charge >= 0.3 is 0 Å². The van der Waals surface area contributed by atoms with Crippen LogP contribution in [0.4, 0.5) is 17.1 Å². The highest BCUT2D eigenvalue weighted by molar-refractivity contribution is 6.20. The Morgan fingerprint density at radius 1 is 0.345 bits per heavy atom. The van der Waals surface area contributed by atoms with E-state index in [9.17, 15) is 0 Å². The van der Waals surface area contributed by atoms with Gasteiger partial charge in [-0.1, -0.05) is 188 Å². The zero-order chi connectivity index (χ0) is 38.2. The molecule has 2 aliphatic carbocycles. The Bertz CT molecular complexity index is 3160. The summed E-state index contributed by atoms with van der Waals surface area (Å²) in [6, 6.07) is 83.2. The van der Waals surface area contributed by atoms with Gasteiger partial charge in [0.25, 0.3) is 0 Å². The predicted octanol–water partition coefficient (Wildman–Crippen LogP) is 15.1. The maximum atomic E-state index is 2.60. The van der Waals surface area contributed by atoms with E-state index in [1.54, 1.807) is 0 Å². The van der Waals surface area contributed by atoms with E-state index in [0.29, 0.717) is 0 Å². The van der Waals surface area contributed by atoms with E-state index in [-0.39, 0.29) is 0 Å². The van der Waals surface area contributed by atoms with Gasteiger partial charge in [0.05, 0.1) is 16.8 Å². The molecule has 0 saturated heterocycles. The highest BCUT2D eigenvalue weighted by Gasteiger charge is 2.48. The number of benzene rings is 10. The predicted molar refractivity (Wildman–Crippen MR) is 243 cm³/mol. The van der Waals surface area contributed by atoms with Crippen LogP contribution in [0.5, 0.6) is 0 Å². The maximum Gasteiger partial charge on any atom is 0.0734 e. The SMILES string of the molecule is c1ccc(-c2ccc(N(c3cccc4c3C(c3ccccc3)(c3ccccc3)c3ccccc3-4)c3c4c(cc5ccccc35)-c3cc5ccccc5cc3-4)cc2)cc1. The average Bonchev–Trinajstić information content (AvgIpc) is 3.61. The molecule has 0 aliphatic heterocycles. The standard InChI is InChI=1S/C57H37N/c1-4-17-38(18-5-1)39-31-33-45(34-32-39)58(56-46-26-13-12-21-42(46)37-51-49-35-40-19-10-11-20-41(40)36-50(49)54(51)56)53-30-16-28-48-47-27-14-15-29-52(47)57(55(48)53,43-22-6-2-7-23-43)44-24-8-3-9-25-44/h1-37H. The smallest absolute Gasteiger partial charge is 0.0734 e. The lowest BCUT2D eigenvalue weighted by atomic mass is 9.67. The molecule has 2 aliphatic rings. The number of rotatable bonds is 6. The van der Waals surface area contributed by atoms with Crippen LogP contribution in [0.3, 0.4) is 0 Å². The second-order valence-corrected chi connectivity index (χ2v) is 15.6. The molecule has 0 atom stereocenters. The van der Waals surface area contributed by atoms with Crippen LogP contribution in [-0.2, 0) is 5.41 Å². The van der Waals surface area contributed by atoms with Gasteiger partial charge in [-0.2, -0.15) is 0 Å². The lowest BCUT2D eigenvalue weighted by Gasteiger charge is -2.40. The van der Waals surface area contributed by atoms with Crippen molar-refractivity contribution in [2.75, 3.05) is 4.90 Å². The van der Waals surface area contributed by atoms with Crippen LogP contribution in [0, 0.1) is 0 Å². The summed E-state index contributed by atoms with van der Waals surface area (Å²) >= 11 is 0. The Morgan fingerprint density at radius 2 is 0.879 bits per heavy atom. The van der Waals surface area contributed by atoms with E-state index in [0.717, 1.165) is 5.69 Å². The minimum absolute atomic E-state index is 0.584. The number of nitrogens with zero attached hydrogens (tertiary/aromatic N) is 1. The van der Waals surface area contributed by atoms with Crippen molar-refractivity contribution < 1.29 is 0 Å². The van der Waals surface area contributed by atoms with Gasteiger partial charge < -0.3 is 4.90 Å². The van der Waals surface area contributed by atoms with Crippen molar-refractivity contribution in [1.82, 2.24) is 0 Å². The van der Waals surface area contributed by atoms with Crippen LogP contribution < -0.4 is 4.90 Å². The van der Waals surface area contributed by atoms with Crippen molar-refractivity contribution in [3.63, 3.8) is 0 Å². The molecule has 0 heterocycles. The third kappa shape index (κ3) is 4.65. The zero-order valence-electron chi connectivity index (χ0n) is 31.8. The van der Waals surface area contributed by atoms with E-state index in [2.05, 4.69) is 229 Å². The van der Waals surface area contributed by atoms with E-state index < -0.39 is 5.41 Å². The first kappa shape index (κ1) is 32.7. The van der Waals surface area contributed by atoms with Gasteiger partial charge in [0.15, 0.2) is 0 Å². The second kappa shape index (κ2) is 12.8. The molecule has 1 nitrogen and oxygen atoms in total. The molecule has 0 saturated carbocycles. The monoisotopic (exact) mass is 735 g/mol. The third-order valence-electron chi connectivity index (χ3n) is 12.6. The van der Waals surface area contributed by atoms with E-state index in [1.807, 2.05) is 0 Å². The highest BCUT2D eigenvalue weighted by Crippen LogP contribution is 2.63. The summed E-state index contributed by atoms with van der Waals surface area (Å²) in [5, 5.41) is 4.98. The summed E-state index contributed by atoms with van der Waals surface area (Å²) in [6.07, 6.45) is 0. The molecule has 1 heteroatoms. The molecule has 0 N–H and O–H groups in total. The second-order valence-electron chi connectivity index (χ2n) is 15.6. The Labute approximate surface area is 338 Å². The number of anilines is 3. The van der Waals surface area contributed by atoms with E-state index >= 15 is 0 Å². The Balaban J connectivity index is 1.22. The summed E-state index contributed by atoms with van der Waals surface area (Å²) in [5.41, 5.74) is 18.2. The van der Waals surface area contributed by atoms with E-state index in [1.165, 1.54) is 99.7 Å². The number of hydrogen-bond donors (Lipinski definition) is 0. The van der Waals surface area contributed by atoms with Crippen LogP contribution in [0.2, 0.25) is 0 Å². The number of fused-ring (bicyclic) bond motifs is 9. The van der Waals surface area contributed by atoms with Gasteiger partial charge in [-0.25, -0.2) is 0 Å². The Morgan fingerprint density at radius 3 is 1.59 bits per heavy atom. The largest absolute Gasteiger partial charge is 0.309 e. The first-order valence-corrected chi connectivity index (χ1v) is 20.2. The molecule has 270 valence electrons. The molecule has 10 aromatic carbocycles. The lowest BCUT2D eigenvalue weighted by molar-refractivity contribution is 0.768. The summed E-state index contributed by atoms with van der Waals surface area (Å²) in [6.45, 7) is 0. The molecule has 0 unspecified atom stereocenters. The third-order valence-corrected chi connectivity index (χ3v) is 12.6. The average molecular weight is 736 g/mol. The summed E-state index contributed by atoms with van der Waals surface area (Å²) in [4.78, 5) is 2.60. The molecule has 12 rings (SSSR count). The van der Waals surface area contributed by atoms with Crippen molar-refractivity contribution in [2.24, 2.45) is 0 Å². The normalized spacial score (nSPS) is 13.0. The molecular formula is C57H37N. The van der Waals surface area contributed by atoms with Gasteiger partial charge in [0.1, 0.15) is 0 Å².